The number of aryl methyl sites for hydroxylation is 1. The lowest BCUT2D eigenvalue weighted by atomic mass is 10.4. The molecule has 0 aromatic carbocycles. The van der Waals surface area contributed by atoms with Crippen LogP contribution in [0.15, 0.2) is 24.4 Å². The summed E-state index contributed by atoms with van der Waals surface area (Å²) >= 11 is 5.19. The van der Waals surface area contributed by atoms with Gasteiger partial charge in [-0.2, -0.15) is 14.3 Å². The molecule has 2 heterocycles. The smallest absolute Gasteiger partial charge is 0.183 e. The summed E-state index contributed by atoms with van der Waals surface area (Å²) in [5.74, 6) is 1.86. The molecule has 0 aliphatic carbocycles. The second-order valence-electron chi connectivity index (χ2n) is 3.05. The van der Waals surface area contributed by atoms with E-state index in [4.69, 9.17) is 12.2 Å². The van der Waals surface area contributed by atoms with Crippen molar-refractivity contribution in [1.82, 2.24) is 14.8 Å². The van der Waals surface area contributed by atoms with Crippen LogP contribution in [0.1, 0.15) is 5.82 Å². The molecule has 0 radical (unpaired) electrons. The normalized spacial score (nSPS) is 10.4. The molecule has 72 valence electrons. The molecule has 2 rings (SSSR count). The van der Waals surface area contributed by atoms with E-state index in [1.165, 1.54) is 0 Å². The van der Waals surface area contributed by atoms with Crippen molar-refractivity contribution in [2.75, 3.05) is 0 Å². The standard InChI is InChI=1S/C9H10N4S/c1-7-12(2)11-9(14)13(7)8-5-3-4-6-10-8/h3-6H,1-2H3/p+1. The number of aromatic nitrogens is 4. The SMILES string of the molecule is Cc1n(C)[nH]c(=S)[n+]1-c1ccccn1. The molecule has 0 saturated carbocycles. The van der Waals surface area contributed by atoms with E-state index in [1.54, 1.807) is 6.20 Å². The van der Waals surface area contributed by atoms with Gasteiger partial charge in [-0.3, -0.25) is 0 Å². The van der Waals surface area contributed by atoms with Gasteiger partial charge in [-0.15, -0.1) is 4.98 Å². The zero-order valence-electron chi connectivity index (χ0n) is 8.06. The van der Waals surface area contributed by atoms with Crippen LogP contribution in [-0.2, 0) is 7.05 Å². The molecule has 14 heavy (non-hydrogen) atoms. The maximum atomic E-state index is 5.19. The summed E-state index contributed by atoms with van der Waals surface area (Å²) in [7, 11) is 1.92. The molecule has 2 aromatic rings. The minimum absolute atomic E-state index is 0.656. The molecule has 1 N–H and O–H groups in total. The Labute approximate surface area is 86.8 Å². The van der Waals surface area contributed by atoms with Crippen LogP contribution in [0.25, 0.3) is 5.82 Å². The molecule has 0 bridgehead atoms. The van der Waals surface area contributed by atoms with E-state index in [2.05, 4.69) is 10.1 Å². The fraction of sp³-hybridized carbons (Fsp3) is 0.222. The third-order valence-electron chi connectivity index (χ3n) is 2.15. The molecule has 0 saturated heterocycles. The van der Waals surface area contributed by atoms with Crippen molar-refractivity contribution in [3.63, 3.8) is 0 Å². The zero-order chi connectivity index (χ0) is 10.1. The fourth-order valence-electron chi connectivity index (χ4n) is 1.33. The molecule has 0 unspecified atom stereocenters. The van der Waals surface area contributed by atoms with Crippen molar-refractivity contribution >= 4 is 12.2 Å². The first-order valence-electron chi connectivity index (χ1n) is 4.29. The first-order chi connectivity index (χ1) is 6.70. The van der Waals surface area contributed by atoms with Crippen LogP contribution in [-0.4, -0.2) is 14.8 Å². The quantitative estimate of drug-likeness (QED) is 0.561. The van der Waals surface area contributed by atoms with Crippen LogP contribution in [0.4, 0.5) is 0 Å². The van der Waals surface area contributed by atoms with E-state index in [9.17, 15) is 0 Å². The van der Waals surface area contributed by atoms with Gasteiger partial charge in [0.1, 0.15) is 0 Å². The number of rotatable bonds is 1. The Morgan fingerprint density at radius 1 is 1.50 bits per heavy atom. The van der Waals surface area contributed by atoms with Gasteiger partial charge in [-0.1, -0.05) is 6.07 Å². The van der Waals surface area contributed by atoms with E-state index >= 15 is 0 Å². The van der Waals surface area contributed by atoms with Crippen molar-refractivity contribution < 1.29 is 4.57 Å². The van der Waals surface area contributed by atoms with Gasteiger partial charge >= 0.3 is 0 Å². The van der Waals surface area contributed by atoms with Gasteiger partial charge in [0.05, 0.1) is 13.2 Å². The van der Waals surface area contributed by atoms with Gasteiger partial charge in [-0.25, -0.2) is 0 Å². The highest BCUT2D eigenvalue weighted by Crippen LogP contribution is 1.96. The highest BCUT2D eigenvalue weighted by atomic mass is 32.1. The van der Waals surface area contributed by atoms with Crippen LogP contribution in [0, 0.1) is 11.7 Å². The summed E-state index contributed by atoms with van der Waals surface area (Å²) in [6.07, 6.45) is 1.75. The average Bonchev–Trinajstić information content (AvgIpc) is 2.43. The molecule has 0 aliphatic heterocycles. The Morgan fingerprint density at radius 3 is 2.79 bits per heavy atom. The fourth-order valence-corrected chi connectivity index (χ4v) is 1.69. The summed E-state index contributed by atoms with van der Waals surface area (Å²) in [4.78, 5) is 4.25. The minimum Gasteiger partial charge on any atom is -0.183 e. The molecule has 4 nitrogen and oxygen atoms in total. The molecular weight excluding hydrogens is 196 g/mol. The monoisotopic (exact) mass is 207 g/mol. The lowest BCUT2D eigenvalue weighted by Crippen LogP contribution is -2.35. The number of nitrogens with one attached hydrogen (secondary N) is 1. The number of aromatic amines is 1. The van der Waals surface area contributed by atoms with Crippen LogP contribution < -0.4 is 4.57 Å². The second-order valence-corrected chi connectivity index (χ2v) is 3.43. The summed E-state index contributed by atoms with van der Waals surface area (Å²) in [6.45, 7) is 1.99. The van der Waals surface area contributed by atoms with E-state index in [0.717, 1.165) is 11.6 Å². The first kappa shape index (κ1) is 9.08. The van der Waals surface area contributed by atoms with Crippen LogP contribution in [0.2, 0.25) is 0 Å². The second kappa shape index (κ2) is 3.34. The highest BCUT2D eigenvalue weighted by Gasteiger charge is 2.13. The van der Waals surface area contributed by atoms with Crippen molar-refractivity contribution in [2.24, 2.45) is 7.05 Å². The topological polar surface area (TPSA) is 37.5 Å². The lowest BCUT2D eigenvalue weighted by molar-refractivity contribution is -0.614. The summed E-state index contributed by atoms with van der Waals surface area (Å²) in [6, 6.07) is 5.75. The first-order valence-corrected chi connectivity index (χ1v) is 4.70. The summed E-state index contributed by atoms with van der Waals surface area (Å²) in [5.41, 5.74) is 0. The average molecular weight is 207 g/mol. The van der Waals surface area contributed by atoms with Gasteiger partial charge in [-0.05, 0) is 18.3 Å². The predicted octanol–water partition coefficient (Wildman–Crippen LogP) is 1.06. The van der Waals surface area contributed by atoms with Crippen molar-refractivity contribution in [1.29, 1.82) is 0 Å². The Kier molecular flexibility index (Phi) is 2.17. The Morgan fingerprint density at radius 2 is 2.29 bits per heavy atom. The van der Waals surface area contributed by atoms with E-state index in [0.29, 0.717) is 4.77 Å². The van der Waals surface area contributed by atoms with Crippen LogP contribution >= 0.6 is 12.2 Å². The number of hydrogen-bond acceptors (Lipinski definition) is 2. The molecule has 5 heteroatoms. The minimum atomic E-state index is 0.656. The number of pyridine rings is 1. The van der Waals surface area contributed by atoms with Crippen molar-refractivity contribution in [3.05, 3.63) is 35.0 Å². The number of nitrogens with zero attached hydrogens (tertiary/aromatic N) is 3. The molecule has 0 atom stereocenters. The molecule has 0 amide bonds. The predicted molar refractivity (Wildman–Crippen MR) is 54.7 cm³/mol. The highest BCUT2D eigenvalue weighted by molar-refractivity contribution is 7.71. The van der Waals surface area contributed by atoms with Gasteiger partial charge in [0.2, 0.25) is 11.6 Å². The van der Waals surface area contributed by atoms with Crippen LogP contribution in [0.3, 0.4) is 0 Å². The molecule has 0 spiro atoms. The van der Waals surface area contributed by atoms with Gasteiger partial charge in [0.15, 0.2) is 0 Å². The molecule has 0 aliphatic rings. The molecular formula is C9H11N4S+. The number of hydrogen-bond donors (Lipinski definition) is 1. The third kappa shape index (κ3) is 1.35. The molecule has 2 aromatic heterocycles. The van der Waals surface area contributed by atoms with E-state index < -0.39 is 0 Å². The zero-order valence-corrected chi connectivity index (χ0v) is 8.88. The lowest BCUT2D eigenvalue weighted by Gasteiger charge is -1.95. The maximum absolute atomic E-state index is 5.19. The van der Waals surface area contributed by atoms with E-state index in [-0.39, 0.29) is 0 Å². The van der Waals surface area contributed by atoms with Crippen molar-refractivity contribution in [2.45, 2.75) is 6.92 Å². The van der Waals surface area contributed by atoms with Gasteiger partial charge in [0.25, 0.3) is 4.77 Å². The number of H-pyrrole nitrogens is 1. The van der Waals surface area contributed by atoms with Gasteiger partial charge < -0.3 is 0 Å². The Hall–Kier alpha value is -1.49. The molecule has 0 fully saturated rings. The Balaban J connectivity index is 2.69. The summed E-state index contributed by atoms with van der Waals surface area (Å²) < 4.78 is 4.43. The largest absolute Gasteiger partial charge is 0.298 e. The Bertz CT molecular complexity index is 497. The van der Waals surface area contributed by atoms with Gasteiger partial charge in [0, 0.05) is 13.0 Å². The third-order valence-corrected chi connectivity index (χ3v) is 2.43. The summed E-state index contributed by atoms with van der Waals surface area (Å²) in [5, 5.41) is 3.03. The van der Waals surface area contributed by atoms with E-state index in [1.807, 2.05) is 41.4 Å². The van der Waals surface area contributed by atoms with Crippen LogP contribution in [0.5, 0.6) is 0 Å². The maximum Gasteiger partial charge on any atom is 0.298 e. The van der Waals surface area contributed by atoms with Crippen molar-refractivity contribution in [3.8, 4) is 5.82 Å².